The fourth-order valence-electron chi connectivity index (χ4n) is 3.12. The number of benzene rings is 1. The summed E-state index contributed by atoms with van der Waals surface area (Å²) in [7, 11) is 0. The van der Waals surface area contributed by atoms with Crippen molar-refractivity contribution in [3.63, 3.8) is 0 Å². The minimum absolute atomic E-state index is 0.109. The molecule has 5 nitrogen and oxygen atoms in total. The molecule has 4 rings (SSSR count). The molecule has 1 amide bonds. The number of aliphatic imine (C=N–C) groups is 1. The highest BCUT2D eigenvalue weighted by Gasteiger charge is 2.19. The maximum Gasteiger partial charge on any atom is 0.221 e. The zero-order chi connectivity index (χ0) is 15.6. The van der Waals surface area contributed by atoms with Crippen LogP contribution < -0.4 is 10.2 Å². The summed E-state index contributed by atoms with van der Waals surface area (Å²) in [6.45, 7) is 2.89. The average molecular weight is 306 g/mol. The van der Waals surface area contributed by atoms with Gasteiger partial charge in [0.05, 0.1) is 12.3 Å². The number of anilines is 1. The average Bonchev–Trinajstić information content (AvgIpc) is 2.90. The number of hydrogen-bond donors (Lipinski definition) is 1. The van der Waals surface area contributed by atoms with E-state index in [2.05, 4.69) is 39.5 Å². The normalized spacial score (nSPS) is 17.3. The largest absolute Gasteiger partial charge is 0.354 e. The van der Waals surface area contributed by atoms with E-state index in [-0.39, 0.29) is 5.91 Å². The molecule has 0 saturated carbocycles. The molecule has 23 heavy (non-hydrogen) atoms. The minimum Gasteiger partial charge on any atom is -0.354 e. The number of aromatic nitrogens is 1. The zero-order valence-corrected chi connectivity index (χ0v) is 12.8. The van der Waals surface area contributed by atoms with Gasteiger partial charge in [-0.15, -0.1) is 0 Å². The molecular weight excluding hydrogens is 288 g/mol. The number of nitrogens with one attached hydrogen (secondary N) is 1. The molecule has 1 aromatic carbocycles. The Morgan fingerprint density at radius 3 is 3.00 bits per heavy atom. The van der Waals surface area contributed by atoms with Crippen LogP contribution in [0.5, 0.6) is 0 Å². The van der Waals surface area contributed by atoms with Crippen molar-refractivity contribution in [2.24, 2.45) is 4.99 Å². The van der Waals surface area contributed by atoms with Crippen molar-refractivity contribution in [1.29, 1.82) is 0 Å². The van der Waals surface area contributed by atoms with Crippen molar-refractivity contribution >= 4 is 17.4 Å². The Hall–Kier alpha value is -2.69. The van der Waals surface area contributed by atoms with Gasteiger partial charge in [-0.05, 0) is 17.7 Å². The molecule has 5 heteroatoms. The van der Waals surface area contributed by atoms with E-state index in [0.717, 1.165) is 30.2 Å². The van der Waals surface area contributed by atoms with Crippen molar-refractivity contribution in [1.82, 2.24) is 10.3 Å². The molecule has 2 aliphatic rings. The highest BCUT2D eigenvalue weighted by atomic mass is 16.1. The van der Waals surface area contributed by atoms with Crippen molar-refractivity contribution in [2.45, 2.75) is 13.0 Å². The monoisotopic (exact) mass is 306 g/mol. The first-order valence-corrected chi connectivity index (χ1v) is 7.92. The van der Waals surface area contributed by atoms with Gasteiger partial charge in [0.25, 0.3) is 0 Å². The molecule has 1 fully saturated rings. The van der Waals surface area contributed by atoms with Crippen molar-refractivity contribution in [2.75, 3.05) is 24.5 Å². The number of nitrogens with zero attached hydrogens (tertiary/aromatic N) is 3. The molecule has 0 bridgehead atoms. The van der Waals surface area contributed by atoms with Gasteiger partial charge in [-0.25, -0.2) is 4.98 Å². The number of fused-ring (bicyclic) bond motifs is 1. The summed E-state index contributed by atoms with van der Waals surface area (Å²) >= 11 is 0. The third-order valence-corrected chi connectivity index (χ3v) is 4.34. The molecular formula is C18H18N4O. The first-order valence-electron chi connectivity index (χ1n) is 7.92. The number of hydrogen-bond acceptors (Lipinski definition) is 4. The van der Waals surface area contributed by atoms with Crippen LogP contribution in [0, 0.1) is 0 Å². The van der Waals surface area contributed by atoms with Crippen LogP contribution in [0.4, 0.5) is 5.82 Å². The smallest absolute Gasteiger partial charge is 0.221 e. The molecule has 2 aliphatic heterocycles. The summed E-state index contributed by atoms with van der Waals surface area (Å²) in [6, 6.07) is 12.4. The van der Waals surface area contributed by atoms with Gasteiger partial charge in [0.15, 0.2) is 0 Å². The number of rotatable bonds is 2. The lowest BCUT2D eigenvalue weighted by Gasteiger charge is -2.21. The molecule has 3 heterocycles. The molecule has 2 aromatic rings. The maximum atomic E-state index is 11.5. The summed E-state index contributed by atoms with van der Waals surface area (Å²) in [5.41, 5.74) is 4.60. The lowest BCUT2D eigenvalue weighted by atomic mass is 10.0. The second-order valence-electron chi connectivity index (χ2n) is 5.81. The lowest BCUT2D eigenvalue weighted by Crippen LogP contribution is -2.29. The van der Waals surface area contributed by atoms with Crippen LogP contribution in [0.1, 0.15) is 23.1 Å². The Morgan fingerprint density at radius 1 is 1.13 bits per heavy atom. The van der Waals surface area contributed by atoms with E-state index in [4.69, 9.17) is 4.99 Å². The van der Waals surface area contributed by atoms with Crippen LogP contribution in [-0.2, 0) is 11.3 Å². The maximum absolute atomic E-state index is 11.5. The molecule has 0 atom stereocenters. The van der Waals surface area contributed by atoms with Crippen LogP contribution in [0.2, 0.25) is 0 Å². The third-order valence-electron chi connectivity index (χ3n) is 4.34. The highest BCUT2D eigenvalue weighted by molar-refractivity contribution is 6.15. The van der Waals surface area contributed by atoms with Crippen LogP contribution >= 0.6 is 0 Å². The number of amides is 1. The Kier molecular flexibility index (Phi) is 3.54. The predicted molar refractivity (Wildman–Crippen MR) is 89.9 cm³/mol. The Morgan fingerprint density at radius 2 is 2.04 bits per heavy atom. The first kappa shape index (κ1) is 13.9. The minimum atomic E-state index is 0.109. The van der Waals surface area contributed by atoms with Gasteiger partial charge >= 0.3 is 0 Å². The van der Waals surface area contributed by atoms with Gasteiger partial charge in [0.1, 0.15) is 5.82 Å². The van der Waals surface area contributed by atoms with Crippen molar-refractivity contribution in [3.05, 3.63) is 59.3 Å². The second kappa shape index (κ2) is 5.83. The number of carbonyl (C=O) groups is 1. The van der Waals surface area contributed by atoms with Crippen LogP contribution in [0.25, 0.3) is 0 Å². The van der Waals surface area contributed by atoms with E-state index in [0.29, 0.717) is 19.5 Å². The third kappa shape index (κ3) is 2.70. The van der Waals surface area contributed by atoms with Crippen molar-refractivity contribution < 1.29 is 4.79 Å². The van der Waals surface area contributed by atoms with E-state index < -0.39 is 0 Å². The van der Waals surface area contributed by atoms with E-state index in [1.165, 1.54) is 11.1 Å². The molecule has 0 spiro atoms. The van der Waals surface area contributed by atoms with Crippen LogP contribution in [0.3, 0.4) is 0 Å². The molecule has 1 saturated heterocycles. The predicted octanol–water partition coefficient (Wildman–Crippen LogP) is 1.76. The second-order valence-corrected chi connectivity index (χ2v) is 5.81. The number of carbonyl (C=O) groups excluding carboxylic acids is 1. The molecule has 1 aromatic heterocycles. The molecule has 0 unspecified atom stereocenters. The summed E-state index contributed by atoms with van der Waals surface area (Å²) < 4.78 is 0. The van der Waals surface area contributed by atoms with Gasteiger partial charge in [-0.3, -0.25) is 9.79 Å². The van der Waals surface area contributed by atoms with Crippen LogP contribution in [0.15, 0.2) is 47.6 Å². The fraction of sp³-hybridized carbons (Fsp3) is 0.278. The van der Waals surface area contributed by atoms with E-state index in [1.54, 1.807) is 0 Å². The quantitative estimate of drug-likeness (QED) is 0.920. The number of pyridine rings is 1. The van der Waals surface area contributed by atoms with E-state index >= 15 is 0 Å². The van der Waals surface area contributed by atoms with Gasteiger partial charge in [-0.1, -0.05) is 24.3 Å². The fourth-order valence-corrected chi connectivity index (χ4v) is 3.12. The molecule has 0 aliphatic carbocycles. The topological polar surface area (TPSA) is 57.6 Å². The Labute approximate surface area is 135 Å². The lowest BCUT2D eigenvalue weighted by molar-refractivity contribution is -0.120. The zero-order valence-electron chi connectivity index (χ0n) is 12.8. The summed E-state index contributed by atoms with van der Waals surface area (Å²) in [6.07, 6.45) is 2.34. The molecule has 0 radical (unpaired) electrons. The molecule has 1 N–H and O–H groups in total. The summed E-state index contributed by atoms with van der Waals surface area (Å²) in [5, 5.41) is 2.89. The standard InChI is InChI=1S/C18H18N4O/c23-17-6-9-22(10-8-20-17)16-11-13(5-7-19-16)18-15-4-2-1-3-14(15)12-21-18/h1-5,7,11H,6,8-10,12H2,(H,20,23). The van der Waals surface area contributed by atoms with E-state index in [1.807, 2.05) is 18.3 Å². The van der Waals surface area contributed by atoms with E-state index in [9.17, 15) is 4.79 Å². The Bertz CT molecular complexity index is 784. The van der Waals surface area contributed by atoms with Gasteiger partial charge in [-0.2, -0.15) is 0 Å². The summed E-state index contributed by atoms with van der Waals surface area (Å²) in [5.74, 6) is 1.02. The molecule has 116 valence electrons. The Balaban J connectivity index is 1.64. The van der Waals surface area contributed by atoms with Crippen LogP contribution in [-0.4, -0.2) is 36.2 Å². The highest BCUT2D eigenvalue weighted by Crippen LogP contribution is 2.24. The summed E-state index contributed by atoms with van der Waals surface area (Å²) in [4.78, 5) is 22.8. The van der Waals surface area contributed by atoms with Crippen molar-refractivity contribution in [3.8, 4) is 0 Å². The van der Waals surface area contributed by atoms with Gasteiger partial charge < -0.3 is 10.2 Å². The van der Waals surface area contributed by atoms with Gasteiger partial charge in [0.2, 0.25) is 5.91 Å². The first-order chi connectivity index (χ1) is 11.3. The SMILES string of the molecule is O=C1CCN(c2cc(C3=NCc4ccccc43)ccn2)CCN1. The van der Waals surface area contributed by atoms with Gasteiger partial charge in [0, 0.05) is 43.4 Å².